The molecule has 214 valence electrons. The van der Waals surface area contributed by atoms with E-state index in [-0.39, 0.29) is 0 Å². The Morgan fingerprint density at radius 3 is 1.54 bits per heavy atom. The second kappa shape index (κ2) is 14.8. The van der Waals surface area contributed by atoms with Crippen LogP contribution in [0.15, 0.2) is 60.7 Å². The molecule has 0 spiro atoms. The van der Waals surface area contributed by atoms with E-state index >= 15 is 0 Å². The predicted octanol–water partition coefficient (Wildman–Crippen LogP) is 5.19. The Balaban J connectivity index is 0.000000391. The van der Waals surface area contributed by atoms with Gasteiger partial charge in [0.25, 0.3) is 0 Å². The van der Waals surface area contributed by atoms with Gasteiger partial charge in [-0.15, -0.1) is 0 Å². The molecule has 2 aromatic rings. The first-order valence-electron chi connectivity index (χ1n) is 12.3. The van der Waals surface area contributed by atoms with Crippen molar-refractivity contribution in [3.8, 4) is 0 Å². The lowest BCUT2D eigenvalue weighted by Gasteiger charge is -2.29. The van der Waals surface area contributed by atoms with Gasteiger partial charge < -0.3 is 24.3 Å². The lowest BCUT2D eigenvalue weighted by Crippen LogP contribution is -2.40. The molecular weight excluding hydrogens is 504 g/mol. The maximum Gasteiger partial charge on any atom is 0.411 e. The van der Waals surface area contributed by atoms with Gasteiger partial charge in [0, 0.05) is 7.05 Å². The molecule has 0 aliphatic rings. The van der Waals surface area contributed by atoms with Crippen LogP contribution < -0.4 is 5.32 Å². The summed E-state index contributed by atoms with van der Waals surface area (Å²) >= 11 is 0. The van der Waals surface area contributed by atoms with E-state index < -0.39 is 47.4 Å². The third-order valence-corrected chi connectivity index (χ3v) is 4.84. The van der Waals surface area contributed by atoms with E-state index in [1.54, 1.807) is 90.1 Å². The zero-order valence-electron chi connectivity index (χ0n) is 24.1. The third kappa shape index (κ3) is 11.9. The summed E-state index contributed by atoms with van der Waals surface area (Å²) in [5.74, 6) is -1.05. The van der Waals surface area contributed by atoms with Crippen LogP contribution in [0.25, 0.3) is 0 Å². The van der Waals surface area contributed by atoms with Crippen LogP contribution in [-0.2, 0) is 28.5 Å². The summed E-state index contributed by atoms with van der Waals surface area (Å²) in [4.78, 5) is 48.7. The van der Waals surface area contributed by atoms with Crippen LogP contribution in [0.2, 0.25) is 0 Å². The minimum atomic E-state index is -0.874. The summed E-state index contributed by atoms with van der Waals surface area (Å²) < 4.78 is 19.9. The molecule has 10 nitrogen and oxygen atoms in total. The number of amides is 2. The van der Waals surface area contributed by atoms with Crippen molar-refractivity contribution in [1.82, 2.24) is 10.2 Å². The Hall–Kier alpha value is -4.08. The number of nitrogens with zero attached hydrogens (tertiary/aromatic N) is 1. The lowest BCUT2D eigenvalue weighted by molar-refractivity contribution is -0.146. The standard InChI is InChI=1S/C15H21NO4.C14H19NO4/c1-15(2,3)20-14(18)16(4)12(13(17)19-5)11-9-7-6-8-10-11;1-14(2,3)19-13(17)15-11(12(16)18-4)10-8-6-5-7-9-10/h6-10,12H,1-5H3;5-9,11H,1-4H3,(H,15,17)/t12-;11-/m11/s1. The maximum atomic E-state index is 12.1. The van der Waals surface area contributed by atoms with Crippen molar-refractivity contribution in [2.24, 2.45) is 0 Å². The zero-order valence-corrected chi connectivity index (χ0v) is 24.1. The summed E-state index contributed by atoms with van der Waals surface area (Å²) in [6.07, 6.45) is -1.23. The number of carbonyl (C=O) groups excluding carboxylic acids is 4. The van der Waals surface area contributed by atoms with Gasteiger partial charge in [-0.1, -0.05) is 60.7 Å². The Morgan fingerprint density at radius 1 is 0.692 bits per heavy atom. The van der Waals surface area contributed by atoms with Crippen molar-refractivity contribution in [1.29, 1.82) is 0 Å². The number of esters is 2. The Kier molecular flexibility index (Phi) is 12.5. The van der Waals surface area contributed by atoms with E-state index in [9.17, 15) is 19.2 Å². The number of alkyl carbamates (subject to hydrolysis) is 1. The molecule has 0 aliphatic carbocycles. The minimum Gasteiger partial charge on any atom is -0.467 e. The van der Waals surface area contributed by atoms with Gasteiger partial charge in [0.05, 0.1) is 14.2 Å². The second-order valence-corrected chi connectivity index (χ2v) is 10.4. The summed E-state index contributed by atoms with van der Waals surface area (Å²) in [5.41, 5.74) is 0.0670. The smallest absolute Gasteiger partial charge is 0.411 e. The van der Waals surface area contributed by atoms with E-state index in [0.29, 0.717) is 11.1 Å². The third-order valence-electron chi connectivity index (χ3n) is 4.84. The molecule has 0 heterocycles. The largest absolute Gasteiger partial charge is 0.467 e. The topological polar surface area (TPSA) is 120 Å². The molecule has 0 aromatic heterocycles. The highest BCUT2D eigenvalue weighted by Gasteiger charge is 2.32. The van der Waals surface area contributed by atoms with Crippen LogP contribution in [0, 0.1) is 0 Å². The summed E-state index contributed by atoms with van der Waals surface area (Å²) in [5, 5.41) is 2.50. The quantitative estimate of drug-likeness (QED) is 0.390. The van der Waals surface area contributed by atoms with Gasteiger partial charge in [0.1, 0.15) is 11.2 Å². The average Bonchev–Trinajstić information content (AvgIpc) is 2.86. The second-order valence-electron chi connectivity index (χ2n) is 10.4. The van der Waals surface area contributed by atoms with Crippen molar-refractivity contribution in [3.05, 3.63) is 71.8 Å². The Morgan fingerprint density at radius 2 is 1.13 bits per heavy atom. The van der Waals surface area contributed by atoms with Crippen molar-refractivity contribution in [2.45, 2.75) is 64.8 Å². The molecule has 0 saturated carbocycles. The highest BCUT2D eigenvalue weighted by Crippen LogP contribution is 2.23. The van der Waals surface area contributed by atoms with Gasteiger partial charge in [0.2, 0.25) is 0 Å². The lowest BCUT2D eigenvalue weighted by atomic mass is 10.1. The van der Waals surface area contributed by atoms with Crippen molar-refractivity contribution < 1.29 is 38.1 Å². The molecule has 2 rings (SSSR count). The van der Waals surface area contributed by atoms with E-state index in [1.165, 1.54) is 26.2 Å². The molecule has 0 radical (unpaired) electrons. The number of hydrogen-bond acceptors (Lipinski definition) is 8. The summed E-state index contributed by atoms with van der Waals surface area (Å²) in [6, 6.07) is 16.1. The van der Waals surface area contributed by atoms with Gasteiger partial charge in [-0.25, -0.2) is 19.2 Å². The van der Waals surface area contributed by atoms with Crippen molar-refractivity contribution in [3.63, 3.8) is 0 Å². The highest BCUT2D eigenvalue weighted by molar-refractivity contribution is 5.83. The number of rotatable bonds is 6. The molecule has 2 atom stereocenters. The average molecular weight is 545 g/mol. The minimum absolute atomic E-state index is 0.510. The van der Waals surface area contributed by atoms with E-state index in [2.05, 4.69) is 10.1 Å². The monoisotopic (exact) mass is 544 g/mol. The number of ether oxygens (including phenoxy) is 4. The predicted molar refractivity (Wildman–Crippen MR) is 146 cm³/mol. The van der Waals surface area contributed by atoms with E-state index in [0.717, 1.165) is 0 Å². The number of benzene rings is 2. The summed E-state index contributed by atoms with van der Waals surface area (Å²) in [6.45, 7) is 10.6. The molecule has 0 fully saturated rings. The van der Waals surface area contributed by atoms with Crippen LogP contribution in [0.5, 0.6) is 0 Å². The Labute approximate surface area is 230 Å². The fourth-order valence-corrected chi connectivity index (χ4v) is 3.17. The zero-order chi connectivity index (χ0) is 29.8. The van der Waals surface area contributed by atoms with E-state index in [1.807, 2.05) is 12.1 Å². The number of nitrogens with one attached hydrogen (secondary N) is 1. The van der Waals surface area contributed by atoms with Gasteiger partial charge in [-0.3, -0.25) is 4.90 Å². The first-order chi connectivity index (χ1) is 18.1. The molecule has 10 heteroatoms. The van der Waals surface area contributed by atoms with Gasteiger partial charge in [-0.2, -0.15) is 0 Å². The van der Waals surface area contributed by atoms with E-state index in [4.69, 9.17) is 14.2 Å². The molecule has 0 bridgehead atoms. The molecule has 39 heavy (non-hydrogen) atoms. The molecule has 0 aliphatic heterocycles. The van der Waals surface area contributed by atoms with Crippen molar-refractivity contribution in [2.75, 3.05) is 21.3 Å². The normalized spacial score (nSPS) is 12.4. The number of likely N-dealkylation sites (N-methyl/N-ethyl adjacent to an activating group) is 1. The molecule has 2 aromatic carbocycles. The van der Waals surface area contributed by atoms with Crippen LogP contribution in [0.3, 0.4) is 0 Å². The number of methoxy groups -OCH3 is 2. The first kappa shape index (κ1) is 32.9. The number of hydrogen-bond donors (Lipinski definition) is 1. The fourth-order valence-electron chi connectivity index (χ4n) is 3.17. The van der Waals surface area contributed by atoms with Crippen LogP contribution in [0.1, 0.15) is 64.8 Å². The van der Waals surface area contributed by atoms with Gasteiger partial charge in [0.15, 0.2) is 12.1 Å². The van der Waals surface area contributed by atoms with Gasteiger partial charge in [-0.05, 0) is 52.7 Å². The highest BCUT2D eigenvalue weighted by atomic mass is 16.6. The molecular formula is C29H40N2O8. The summed E-state index contributed by atoms with van der Waals surface area (Å²) in [7, 11) is 4.08. The van der Waals surface area contributed by atoms with Crippen LogP contribution >= 0.6 is 0 Å². The molecule has 0 unspecified atom stereocenters. The van der Waals surface area contributed by atoms with Gasteiger partial charge >= 0.3 is 24.1 Å². The fraction of sp³-hybridized carbons (Fsp3) is 0.448. The Bertz CT molecular complexity index is 1080. The van der Waals surface area contributed by atoms with Crippen molar-refractivity contribution >= 4 is 24.1 Å². The first-order valence-corrected chi connectivity index (χ1v) is 12.3. The molecule has 2 amide bonds. The molecule has 1 N–H and O–H groups in total. The van der Waals surface area contributed by atoms with Crippen LogP contribution in [0.4, 0.5) is 9.59 Å². The molecule has 0 saturated heterocycles. The number of carbonyl (C=O) groups is 4. The maximum absolute atomic E-state index is 12.1. The van der Waals surface area contributed by atoms with Crippen LogP contribution in [-0.4, -0.2) is 61.5 Å². The SMILES string of the molecule is COC(=O)[C@@H](c1ccccc1)N(C)C(=O)OC(C)(C)C.COC(=O)[C@H](NC(=O)OC(C)(C)C)c1ccccc1.